The van der Waals surface area contributed by atoms with E-state index in [4.69, 9.17) is 9.47 Å². The average Bonchev–Trinajstić information content (AvgIpc) is 3.25. The molecule has 0 fully saturated rings. The van der Waals surface area contributed by atoms with Gasteiger partial charge in [0.25, 0.3) is 5.91 Å². The van der Waals surface area contributed by atoms with Gasteiger partial charge >= 0.3 is 0 Å². The van der Waals surface area contributed by atoms with Gasteiger partial charge in [-0.15, -0.1) is 11.3 Å². The number of nitrogens with zero attached hydrogens (tertiary/aromatic N) is 2. The largest absolute Gasteiger partial charge is 0.493 e. The Morgan fingerprint density at radius 2 is 1.89 bits per heavy atom. The van der Waals surface area contributed by atoms with Crippen molar-refractivity contribution in [3.8, 4) is 22.8 Å². The Labute approximate surface area is 166 Å². The number of hydrogen-bond donors (Lipinski definition) is 1. The van der Waals surface area contributed by atoms with E-state index in [0.717, 1.165) is 16.2 Å². The van der Waals surface area contributed by atoms with Crippen LogP contribution in [-0.2, 0) is 0 Å². The minimum absolute atomic E-state index is 0.223. The fraction of sp³-hybridized carbons (Fsp3) is 0.143. The first-order valence-electron chi connectivity index (χ1n) is 8.66. The first kappa shape index (κ1) is 18.1. The molecule has 0 saturated heterocycles. The highest BCUT2D eigenvalue weighted by Crippen LogP contribution is 2.29. The summed E-state index contributed by atoms with van der Waals surface area (Å²) in [6.07, 6.45) is 4.05. The lowest BCUT2D eigenvalue weighted by molar-refractivity contribution is 0.102. The average molecular weight is 393 g/mol. The van der Waals surface area contributed by atoms with Crippen molar-refractivity contribution >= 4 is 27.9 Å². The third-order valence-electron chi connectivity index (χ3n) is 4.33. The highest BCUT2D eigenvalue weighted by molar-refractivity contribution is 7.17. The number of ether oxygens (including phenoxy) is 2. The van der Waals surface area contributed by atoms with Crippen LogP contribution < -0.4 is 14.8 Å². The molecule has 1 N–H and O–H groups in total. The maximum Gasteiger partial charge on any atom is 0.255 e. The van der Waals surface area contributed by atoms with Gasteiger partial charge in [-0.25, -0.2) is 4.98 Å². The Morgan fingerprint density at radius 3 is 2.64 bits per heavy atom. The highest BCUT2D eigenvalue weighted by atomic mass is 32.1. The highest BCUT2D eigenvalue weighted by Gasteiger charge is 2.12. The molecular weight excluding hydrogens is 374 g/mol. The number of carbonyl (C=O) groups is 1. The molecule has 0 radical (unpaired) electrons. The molecule has 0 atom stereocenters. The van der Waals surface area contributed by atoms with E-state index in [9.17, 15) is 4.79 Å². The molecule has 28 heavy (non-hydrogen) atoms. The number of benzene rings is 2. The predicted octanol–water partition coefficient (Wildman–Crippen LogP) is 4.64. The Balaban J connectivity index is 1.57. The second-order valence-electron chi connectivity index (χ2n) is 6.26. The number of amides is 1. The van der Waals surface area contributed by atoms with Crippen LogP contribution in [0.15, 0.2) is 54.9 Å². The van der Waals surface area contributed by atoms with Crippen LogP contribution in [0.25, 0.3) is 16.2 Å². The molecule has 0 aliphatic carbocycles. The summed E-state index contributed by atoms with van der Waals surface area (Å²) in [7, 11) is 3.10. The van der Waals surface area contributed by atoms with Crippen molar-refractivity contribution in [1.29, 1.82) is 0 Å². The van der Waals surface area contributed by atoms with E-state index in [0.29, 0.717) is 22.7 Å². The molecule has 142 valence electrons. The second kappa shape index (κ2) is 7.36. The number of methoxy groups -OCH3 is 2. The van der Waals surface area contributed by atoms with Crippen molar-refractivity contribution in [1.82, 2.24) is 9.38 Å². The molecule has 6 nitrogen and oxygen atoms in total. The lowest BCUT2D eigenvalue weighted by Gasteiger charge is -2.10. The summed E-state index contributed by atoms with van der Waals surface area (Å²) in [4.78, 5) is 19.5. The molecule has 0 aliphatic rings. The first-order chi connectivity index (χ1) is 13.6. The van der Waals surface area contributed by atoms with E-state index >= 15 is 0 Å². The molecular formula is C21H19N3O3S. The van der Waals surface area contributed by atoms with Crippen LogP contribution in [0, 0.1) is 6.92 Å². The standard InChI is InChI=1S/C21H19N3O3S/c1-13-11-24-12-17(23-21(24)28-13)14-5-4-6-16(9-14)22-20(25)15-7-8-18(26-2)19(10-15)27-3/h4-12H,1-3H3,(H,22,25). The molecule has 0 saturated carbocycles. The molecule has 0 unspecified atom stereocenters. The van der Waals surface area contributed by atoms with Gasteiger partial charge in [0, 0.05) is 34.1 Å². The van der Waals surface area contributed by atoms with Crippen molar-refractivity contribution in [2.45, 2.75) is 6.92 Å². The van der Waals surface area contributed by atoms with E-state index in [1.807, 2.05) is 34.9 Å². The lowest BCUT2D eigenvalue weighted by atomic mass is 10.1. The minimum Gasteiger partial charge on any atom is -0.493 e. The maximum absolute atomic E-state index is 12.6. The van der Waals surface area contributed by atoms with Crippen LogP contribution in [0.2, 0.25) is 0 Å². The zero-order valence-corrected chi connectivity index (χ0v) is 16.5. The number of rotatable bonds is 5. The van der Waals surface area contributed by atoms with Crippen molar-refractivity contribution in [2.75, 3.05) is 19.5 Å². The zero-order valence-electron chi connectivity index (χ0n) is 15.7. The third kappa shape index (κ3) is 3.44. The fourth-order valence-electron chi connectivity index (χ4n) is 2.99. The van der Waals surface area contributed by atoms with Crippen molar-refractivity contribution in [2.24, 2.45) is 0 Å². The molecule has 2 aromatic carbocycles. The molecule has 4 aromatic rings. The summed E-state index contributed by atoms with van der Waals surface area (Å²) in [6.45, 7) is 2.06. The summed E-state index contributed by atoms with van der Waals surface area (Å²) in [5.41, 5.74) is 3.00. The number of hydrogen-bond acceptors (Lipinski definition) is 5. The molecule has 2 heterocycles. The molecule has 7 heteroatoms. The van der Waals surface area contributed by atoms with Crippen LogP contribution >= 0.6 is 11.3 Å². The van der Waals surface area contributed by atoms with Crippen molar-refractivity contribution < 1.29 is 14.3 Å². The van der Waals surface area contributed by atoms with E-state index in [2.05, 4.69) is 23.4 Å². The van der Waals surface area contributed by atoms with Gasteiger partial charge in [-0.2, -0.15) is 0 Å². The number of thiazole rings is 1. The summed E-state index contributed by atoms with van der Waals surface area (Å²) in [6, 6.07) is 12.7. The van der Waals surface area contributed by atoms with E-state index in [1.54, 1.807) is 43.8 Å². The van der Waals surface area contributed by atoms with Crippen LogP contribution in [0.1, 0.15) is 15.2 Å². The quantitative estimate of drug-likeness (QED) is 0.536. The predicted molar refractivity (Wildman–Crippen MR) is 111 cm³/mol. The Bertz CT molecular complexity index is 1130. The Kier molecular flexibility index (Phi) is 4.75. The van der Waals surface area contributed by atoms with Gasteiger partial charge in [0.1, 0.15) is 0 Å². The molecule has 4 rings (SSSR count). The van der Waals surface area contributed by atoms with Gasteiger partial charge in [-0.3, -0.25) is 9.20 Å². The molecule has 1 amide bonds. The number of aromatic nitrogens is 2. The lowest BCUT2D eigenvalue weighted by Crippen LogP contribution is -2.12. The van der Waals surface area contributed by atoms with Crippen LogP contribution in [0.3, 0.4) is 0 Å². The molecule has 0 spiro atoms. The smallest absolute Gasteiger partial charge is 0.255 e. The third-order valence-corrected chi connectivity index (χ3v) is 5.25. The number of imidazole rings is 1. The summed E-state index contributed by atoms with van der Waals surface area (Å²) in [5, 5.41) is 2.93. The van der Waals surface area contributed by atoms with Gasteiger partial charge in [0.2, 0.25) is 0 Å². The Hall–Kier alpha value is -3.32. The second-order valence-corrected chi connectivity index (χ2v) is 7.48. The van der Waals surface area contributed by atoms with Gasteiger partial charge < -0.3 is 14.8 Å². The van der Waals surface area contributed by atoms with E-state index in [1.165, 1.54) is 4.88 Å². The van der Waals surface area contributed by atoms with Crippen LogP contribution in [-0.4, -0.2) is 29.5 Å². The van der Waals surface area contributed by atoms with Gasteiger partial charge in [0.05, 0.1) is 19.9 Å². The minimum atomic E-state index is -0.223. The topological polar surface area (TPSA) is 64.9 Å². The molecule has 0 aliphatic heterocycles. The number of aryl methyl sites for hydroxylation is 1. The van der Waals surface area contributed by atoms with Gasteiger partial charge in [-0.1, -0.05) is 12.1 Å². The SMILES string of the molecule is COc1ccc(C(=O)Nc2cccc(-c3cn4cc(C)sc4n3)c2)cc1OC. The number of carbonyl (C=O) groups excluding carboxylic acids is 1. The van der Waals surface area contributed by atoms with Gasteiger partial charge in [-0.05, 0) is 37.3 Å². The first-order valence-corrected chi connectivity index (χ1v) is 9.48. The van der Waals surface area contributed by atoms with E-state index < -0.39 is 0 Å². The zero-order chi connectivity index (χ0) is 19.7. The number of anilines is 1. The number of fused-ring (bicyclic) bond motifs is 1. The summed E-state index contributed by atoms with van der Waals surface area (Å²) >= 11 is 1.65. The van der Waals surface area contributed by atoms with Crippen LogP contribution in [0.4, 0.5) is 5.69 Å². The maximum atomic E-state index is 12.6. The number of nitrogens with one attached hydrogen (secondary N) is 1. The van der Waals surface area contributed by atoms with E-state index in [-0.39, 0.29) is 5.91 Å². The molecule has 0 bridgehead atoms. The fourth-order valence-corrected chi connectivity index (χ4v) is 3.80. The molecule has 2 aromatic heterocycles. The van der Waals surface area contributed by atoms with Crippen LogP contribution in [0.5, 0.6) is 11.5 Å². The summed E-state index contributed by atoms with van der Waals surface area (Å²) < 4.78 is 12.5. The van der Waals surface area contributed by atoms with Crippen molar-refractivity contribution in [3.63, 3.8) is 0 Å². The van der Waals surface area contributed by atoms with Crippen molar-refractivity contribution in [3.05, 3.63) is 65.3 Å². The van der Waals surface area contributed by atoms with Gasteiger partial charge in [0.15, 0.2) is 16.5 Å². The summed E-state index contributed by atoms with van der Waals surface area (Å²) in [5.74, 6) is 0.868. The normalized spacial score (nSPS) is 10.8. The monoisotopic (exact) mass is 393 g/mol. The Morgan fingerprint density at radius 1 is 1.07 bits per heavy atom.